The highest BCUT2D eigenvalue weighted by atomic mass is 16.5. The number of benzene rings is 2. The Morgan fingerprint density at radius 3 is 2.80 bits per heavy atom. The minimum atomic E-state index is -0.216. The van der Waals surface area contributed by atoms with Crippen LogP contribution in [0.2, 0.25) is 0 Å². The molecule has 1 unspecified atom stereocenters. The largest absolute Gasteiger partial charge is 0.492 e. The molecule has 35 heavy (non-hydrogen) atoms. The van der Waals surface area contributed by atoms with Crippen LogP contribution in [0, 0.1) is 0 Å². The Balaban J connectivity index is 1.25. The van der Waals surface area contributed by atoms with Crippen molar-refractivity contribution >= 4 is 11.8 Å². The van der Waals surface area contributed by atoms with E-state index < -0.39 is 0 Å². The molecule has 1 fully saturated rings. The molecule has 180 valence electrons. The molecule has 0 amide bonds. The van der Waals surface area contributed by atoms with E-state index in [2.05, 4.69) is 29.2 Å². The lowest BCUT2D eigenvalue weighted by Crippen LogP contribution is -2.19. The molecule has 0 radical (unpaired) electrons. The molecule has 2 aliphatic heterocycles. The SMILES string of the molecule is COC(=O)C[C@@H]1COc2cc(OC3CCc4c(-c5cccnc5N5CCCC5)cccc43)ccc21. The van der Waals surface area contributed by atoms with Crippen LogP contribution in [0.4, 0.5) is 5.82 Å². The molecule has 3 heterocycles. The van der Waals surface area contributed by atoms with E-state index in [4.69, 9.17) is 19.2 Å². The van der Waals surface area contributed by atoms with Crippen LogP contribution < -0.4 is 14.4 Å². The second-order valence-electron chi connectivity index (χ2n) is 9.58. The molecule has 0 spiro atoms. The molecule has 1 saturated heterocycles. The molecule has 6 nitrogen and oxygen atoms in total. The number of rotatable bonds is 6. The van der Waals surface area contributed by atoms with Crippen molar-refractivity contribution in [1.82, 2.24) is 4.98 Å². The van der Waals surface area contributed by atoms with Gasteiger partial charge in [0, 0.05) is 42.4 Å². The summed E-state index contributed by atoms with van der Waals surface area (Å²) in [5.74, 6) is 2.51. The number of carbonyl (C=O) groups excluding carboxylic acids is 1. The van der Waals surface area contributed by atoms with Crippen LogP contribution in [0.3, 0.4) is 0 Å². The number of ether oxygens (including phenoxy) is 3. The van der Waals surface area contributed by atoms with E-state index in [0.29, 0.717) is 13.0 Å². The molecule has 2 atom stereocenters. The molecular weight excluding hydrogens is 440 g/mol. The molecule has 3 aromatic rings. The maximum absolute atomic E-state index is 11.7. The number of anilines is 1. The third-order valence-electron chi connectivity index (χ3n) is 7.48. The zero-order valence-electron chi connectivity index (χ0n) is 20.0. The average molecular weight is 471 g/mol. The Hall–Kier alpha value is -3.54. The molecule has 0 saturated carbocycles. The standard InChI is InChI=1S/C29H30N2O4/c1-33-28(32)16-19-18-34-27-17-20(9-10-21(19)27)35-26-12-11-23-22(6-4-7-24(23)26)25-8-5-13-30-29(25)31-14-2-3-15-31/h4-10,13,17,19,26H,2-3,11-12,14-16,18H2,1H3/t19-,26?/m1/s1. The molecule has 6 rings (SSSR count). The highest BCUT2D eigenvalue weighted by Gasteiger charge is 2.30. The first kappa shape index (κ1) is 22.0. The lowest BCUT2D eigenvalue weighted by Gasteiger charge is -2.21. The average Bonchev–Trinajstić information content (AvgIpc) is 3.65. The first-order chi connectivity index (χ1) is 17.2. The molecule has 0 bridgehead atoms. The summed E-state index contributed by atoms with van der Waals surface area (Å²) in [4.78, 5) is 18.9. The maximum atomic E-state index is 11.7. The monoisotopic (exact) mass is 470 g/mol. The molecular formula is C29H30N2O4. The van der Waals surface area contributed by atoms with Crippen molar-refractivity contribution in [3.63, 3.8) is 0 Å². The summed E-state index contributed by atoms with van der Waals surface area (Å²) >= 11 is 0. The normalized spacial score (nSPS) is 20.3. The second kappa shape index (κ2) is 9.25. The summed E-state index contributed by atoms with van der Waals surface area (Å²) in [5, 5.41) is 0. The minimum Gasteiger partial charge on any atom is -0.492 e. The van der Waals surface area contributed by atoms with Gasteiger partial charge >= 0.3 is 5.97 Å². The molecule has 0 N–H and O–H groups in total. The van der Waals surface area contributed by atoms with Crippen molar-refractivity contribution in [3.8, 4) is 22.6 Å². The van der Waals surface area contributed by atoms with Crippen molar-refractivity contribution in [3.05, 3.63) is 71.4 Å². The van der Waals surface area contributed by atoms with E-state index in [1.54, 1.807) is 0 Å². The van der Waals surface area contributed by atoms with Gasteiger partial charge in [-0.2, -0.15) is 0 Å². The Morgan fingerprint density at radius 1 is 1.09 bits per heavy atom. The van der Waals surface area contributed by atoms with Gasteiger partial charge in [0.05, 0.1) is 20.1 Å². The number of pyridine rings is 1. The van der Waals surface area contributed by atoms with E-state index in [1.807, 2.05) is 30.5 Å². The first-order valence-electron chi connectivity index (χ1n) is 12.5. The van der Waals surface area contributed by atoms with Crippen LogP contribution in [-0.4, -0.2) is 37.8 Å². The van der Waals surface area contributed by atoms with Gasteiger partial charge in [-0.1, -0.05) is 24.3 Å². The van der Waals surface area contributed by atoms with Crippen LogP contribution in [-0.2, 0) is 16.0 Å². The highest BCUT2D eigenvalue weighted by molar-refractivity contribution is 5.79. The van der Waals surface area contributed by atoms with Crippen LogP contribution in [0.25, 0.3) is 11.1 Å². The smallest absolute Gasteiger partial charge is 0.306 e. The van der Waals surface area contributed by atoms with E-state index >= 15 is 0 Å². The quantitative estimate of drug-likeness (QED) is 0.446. The van der Waals surface area contributed by atoms with Gasteiger partial charge in [-0.25, -0.2) is 4.98 Å². The van der Waals surface area contributed by atoms with Gasteiger partial charge in [0.15, 0.2) is 0 Å². The zero-order chi connectivity index (χ0) is 23.8. The van der Waals surface area contributed by atoms with Crippen LogP contribution in [0.5, 0.6) is 11.5 Å². The third kappa shape index (κ3) is 4.11. The molecule has 6 heteroatoms. The number of hydrogen-bond donors (Lipinski definition) is 0. The Morgan fingerprint density at radius 2 is 1.94 bits per heavy atom. The van der Waals surface area contributed by atoms with Gasteiger partial charge in [0.2, 0.25) is 0 Å². The van der Waals surface area contributed by atoms with E-state index in [0.717, 1.165) is 48.8 Å². The third-order valence-corrected chi connectivity index (χ3v) is 7.48. The topological polar surface area (TPSA) is 60.9 Å². The van der Waals surface area contributed by atoms with Crippen molar-refractivity contribution in [2.45, 2.75) is 44.1 Å². The molecule has 1 aromatic heterocycles. The molecule has 3 aliphatic rings. The van der Waals surface area contributed by atoms with Crippen LogP contribution in [0.1, 0.15) is 54.4 Å². The zero-order valence-corrected chi connectivity index (χ0v) is 20.0. The number of nitrogens with zero attached hydrogens (tertiary/aromatic N) is 2. The summed E-state index contributed by atoms with van der Waals surface area (Å²) < 4.78 is 17.2. The summed E-state index contributed by atoms with van der Waals surface area (Å²) in [6.07, 6.45) is 6.61. The van der Waals surface area contributed by atoms with Crippen molar-refractivity contribution in [2.75, 3.05) is 31.7 Å². The fraction of sp³-hybridized carbons (Fsp3) is 0.379. The number of hydrogen-bond acceptors (Lipinski definition) is 6. The lowest BCUT2D eigenvalue weighted by atomic mass is 9.96. The van der Waals surface area contributed by atoms with Gasteiger partial charge in [0.1, 0.15) is 23.4 Å². The van der Waals surface area contributed by atoms with Gasteiger partial charge < -0.3 is 19.1 Å². The number of carbonyl (C=O) groups is 1. The van der Waals surface area contributed by atoms with E-state index in [9.17, 15) is 4.79 Å². The number of methoxy groups -OCH3 is 1. The van der Waals surface area contributed by atoms with Gasteiger partial charge in [-0.3, -0.25) is 4.79 Å². The number of fused-ring (bicyclic) bond motifs is 2. The van der Waals surface area contributed by atoms with Crippen LogP contribution in [0.15, 0.2) is 54.7 Å². The van der Waals surface area contributed by atoms with Gasteiger partial charge in [-0.15, -0.1) is 0 Å². The number of aromatic nitrogens is 1. The van der Waals surface area contributed by atoms with Crippen molar-refractivity contribution in [1.29, 1.82) is 0 Å². The van der Waals surface area contributed by atoms with E-state index in [1.165, 1.54) is 42.2 Å². The molecule has 2 aromatic carbocycles. The summed E-state index contributed by atoms with van der Waals surface area (Å²) in [5.41, 5.74) is 6.15. The van der Waals surface area contributed by atoms with Gasteiger partial charge in [-0.05, 0) is 60.6 Å². The number of esters is 1. The molecule has 1 aliphatic carbocycles. The van der Waals surface area contributed by atoms with Crippen molar-refractivity contribution in [2.24, 2.45) is 0 Å². The Kier molecular flexibility index (Phi) is 5.80. The van der Waals surface area contributed by atoms with Crippen LogP contribution >= 0.6 is 0 Å². The minimum absolute atomic E-state index is 0.00202. The summed E-state index contributed by atoms with van der Waals surface area (Å²) in [6, 6.07) is 16.8. The van der Waals surface area contributed by atoms with E-state index in [-0.39, 0.29) is 18.0 Å². The fourth-order valence-corrected chi connectivity index (χ4v) is 5.73. The summed E-state index contributed by atoms with van der Waals surface area (Å²) in [7, 11) is 1.42. The first-order valence-corrected chi connectivity index (χ1v) is 12.5. The predicted octanol–water partition coefficient (Wildman–Crippen LogP) is 5.45. The lowest BCUT2D eigenvalue weighted by molar-refractivity contribution is -0.141. The fourth-order valence-electron chi connectivity index (χ4n) is 5.73. The Bertz CT molecular complexity index is 1250. The maximum Gasteiger partial charge on any atom is 0.306 e. The highest BCUT2D eigenvalue weighted by Crippen LogP contribution is 2.44. The van der Waals surface area contributed by atoms with Gasteiger partial charge in [0.25, 0.3) is 0 Å². The summed E-state index contributed by atoms with van der Waals surface area (Å²) in [6.45, 7) is 2.64. The second-order valence-corrected chi connectivity index (χ2v) is 9.58. The predicted molar refractivity (Wildman–Crippen MR) is 134 cm³/mol. The van der Waals surface area contributed by atoms with Crippen molar-refractivity contribution < 1.29 is 19.0 Å². The Labute approximate surface area is 205 Å².